The molecule has 1 aliphatic rings. The van der Waals surface area contributed by atoms with Crippen LogP contribution in [0, 0.1) is 6.92 Å². The van der Waals surface area contributed by atoms with E-state index in [1.54, 1.807) is 24.4 Å². The summed E-state index contributed by atoms with van der Waals surface area (Å²) in [6, 6.07) is 11.9. The lowest BCUT2D eigenvalue weighted by Crippen LogP contribution is -2.32. The number of carbonyl (C=O) groups excluding carboxylic acids is 1. The fourth-order valence-corrected chi connectivity index (χ4v) is 4.16. The lowest BCUT2D eigenvalue weighted by molar-refractivity contribution is 0.102. The second-order valence-electron chi connectivity index (χ2n) is 9.56. The molecule has 34 heavy (non-hydrogen) atoms. The molecule has 6 nitrogen and oxygen atoms in total. The number of anilines is 2. The van der Waals surface area contributed by atoms with Crippen LogP contribution in [0.4, 0.5) is 17.1 Å². The highest BCUT2D eigenvalue weighted by Gasteiger charge is 2.21. The predicted octanol–water partition coefficient (Wildman–Crippen LogP) is 6.01. The van der Waals surface area contributed by atoms with Crippen LogP contribution in [-0.4, -0.2) is 47.9 Å². The monoisotopic (exact) mass is 461 g/mol. The standard InChI is InChI=1S/C28H39N5O/c1-6-8-25(18-33-14-7-9-21(33)5)31-27-16-24(12-10-20(27)4)32-28(34)22-11-13-26(29)23(15-22)17-30-19(2)3/h10-13,15-17,19,21H,6-9,14,18,29H2,1-5H3,(H,32,34). The minimum atomic E-state index is -0.183. The number of nitrogens with two attached hydrogens (primary N) is 1. The Hall–Kier alpha value is -2.99. The minimum absolute atomic E-state index is 0.162. The molecule has 1 heterocycles. The summed E-state index contributed by atoms with van der Waals surface area (Å²) >= 11 is 0. The van der Waals surface area contributed by atoms with Gasteiger partial charge in [-0.25, -0.2) is 0 Å². The van der Waals surface area contributed by atoms with E-state index >= 15 is 0 Å². The molecule has 182 valence electrons. The number of nitrogens with one attached hydrogen (secondary N) is 1. The molecule has 1 atom stereocenters. The highest BCUT2D eigenvalue weighted by molar-refractivity contribution is 6.06. The molecule has 0 aliphatic carbocycles. The van der Waals surface area contributed by atoms with Gasteiger partial charge in [0.25, 0.3) is 5.91 Å². The zero-order valence-electron chi connectivity index (χ0n) is 21.3. The quantitative estimate of drug-likeness (QED) is 0.354. The molecule has 0 aromatic heterocycles. The lowest BCUT2D eigenvalue weighted by Gasteiger charge is -2.22. The van der Waals surface area contributed by atoms with Gasteiger partial charge in [0.15, 0.2) is 0 Å². The number of hydrogen-bond donors (Lipinski definition) is 2. The van der Waals surface area contributed by atoms with Crippen molar-refractivity contribution in [2.75, 3.05) is 24.1 Å². The van der Waals surface area contributed by atoms with E-state index in [4.69, 9.17) is 10.7 Å². The van der Waals surface area contributed by atoms with Crippen molar-refractivity contribution in [2.45, 2.75) is 72.4 Å². The van der Waals surface area contributed by atoms with Crippen molar-refractivity contribution in [3.8, 4) is 0 Å². The van der Waals surface area contributed by atoms with Crippen molar-refractivity contribution >= 4 is 34.9 Å². The van der Waals surface area contributed by atoms with E-state index in [0.29, 0.717) is 17.3 Å². The van der Waals surface area contributed by atoms with Crippen LogP contribution in [0.3, 0.4) is 0 Å². The van der Waals surface area contributed by atoms with Crippen LogP contribution in [0.5, 0.6) is 0 Å². The molecule has 3 rings (SSSR count). The Bertz CT molecular complexity index is 1060. The fourth-order valence-electron chi connectivity index (χ4n) is 4.16. The maximum Gasteiger partial charge on any atom is 0.255 e. The number of rotatable bonds is 9. The van der Waals surface area contributed by atoms with Crippen LogP contribution in [0.15, 0.2) is 46.4 Å². The van der Waals surface area contributed by atoms with Crippen LogP contribution in [-0.2, 0) is 0 Å². The van der Waals surface area contributed by atoms with Crippen molar-refractivity contribution in [1.29, 1.82) is 0 Å². The first-order valence-corrected chi connectivity index (χ1v) is 12.4. The molecule has 2 aromatic carbocycles. The van der Waals surface area contributed by atoms with E-state index in [9.17, 15) is 4.79 Å². The third kappa shape index (κ3) is 7.00. The number of hydrogen-bond acceptors (Lipinski definition) is 5. The average Bonchev–Trinajstić information content (AvgIpc) is 3.19. The Morgan fingerprint density at radius 1 is 1.26 bits per heavy atom. The van der Waals surface area contributed by atoms with Crippen molar-refractivity contribution in [1.82, 2.24) is 4.90 Å². The number of aryl methyl sites for hydroxylation is 1. The van der Waals surface area contributed by atoms with E-state index in [-0.39, 0.29) is 11.9 Å². The first-order chi connectivity index (χ1) is 16.3. The SMILES string of the molecule is CCCC(CN1CCCC1C)=Nc1cc(NC(=O)c2ccc(N)c(C=NC(C)C)c2)ccc1C. The summed E-state index contributed by atoms with van der Waals surface area (Å²) in [5.41, 5.74) is 11.9. The Kier molecular flexibility index (Phi) is 8.99. The van der Waals surface area contributed by atoms with E-state index < -0.39 is 0 Å². The second kappa shape index (κ2) is 11.9. The summed E-state index contributed by atoms with van der Waals surface area (Å²) in [6.45, 7) is 12.6. The van der Waals surface area contributed by atoms with Gasteiger partial charge < -0.3 is 11.1 Å². The highest BCUT2D eigenvalue weighted by atomic mass is 16.1. The number of aliphatic imine (C=N–C) groups is 2. The third-order valence-corrected chi connectivity index (χ3v) is 6.22. The number of likely N-dealkylation sites (tertiary alicyclic amines) is 1. The molecule has 3 N–H and O–H groups in total. The third-order valence-electron chi connectivity index (χ3n) is 6.22. The smallest absolute Gasteiger partial charge is 0.255 e. The summed E-state index contributed by atoms with van der Waals surface area (Å²) in [4.78, 5) is 24.9. The van der Waals surface area contributed by atoms with E-state index in [1.807, 2.05) is 32.0 Å². The second-order valence-corrected chi connectivity index (χ2v) is 9.56. The van der Waals surface area contributed by atoms with Gasteiger partial charge in [-0.2, -0.15) is 0 Å². The highest BCUT2D eigenvalue weighted by Crippen LogP contribution is 2.26. The van der Waals surface area contributed by atoms with Crippen LogP contribution in [0.2, 0.25) is 0 Å². The number of nitrogen functional groups attached to an aromatic ring is 1. The number of benzene rings is 2. The Balaban J connectivity index is 1.79. The van der Waals surface area contributed by atoms with Gasteiger partial charge in [0.1, 0.15) is 0 Å². The van der Waals surface area contributed by atoms with Gasteiger partial charge in [-0.3, -0.25) is 19.7 Å². The fraction of sp³-hybridized carbons (Fsp3) is 0.464. The van der Waals surface area contributed by atoms with Crippen molar-refractivity contribution in [2.24, 2.45) is 9.98 Å². The molecule has 1 aliphatic heterocycles. The minimum Gasteiger partial charge on any atom is -0.398 e. The molecular formula is C28H39N5O. The number of amides is 1. The van der Waals surface area contributed by atoms with Crippen molar-refractivity contribution in [3.63, 3.8) is 0 Å². The molecule has 0 bridgehead atoms. The first kappa shape index (κ1) is 25.6. The zero-order chi connectivity index (χ0) is 24.7. The van der Waals surface area contributed by atoms with E-state index in [1.165, 1.54) is 18.6 Å². The molecule has 2 aromatic rings. The number of nitrogens with zero attached hydrogens (tertiary/aromatic N) is 3. The van der Waals surface area contributed by atoms with Gasteiger partial charge in [-0.05, 0) is 89.4 Å². The molecule has 0 spiro atoms. The van der Waals surface area contributed by atoms with Gasteiger partial charge in [0, 0.05) is 53.1 Å². The van der Waals surface area contributed by atoms with Gasteiger partial charge in [-0.1, -0.05) is 19.4 Å². The van der Waals surface area contributed by atoms with Gasteiger partial charge in [0.05, 0.1) is 5.69 Å². The summed E-state index contributed by atoms with van der Waals surface area (Å²) in [7, 11) is 0. The predicted molar refractivity (Wildman–Crippen MR) is 145 cm³/mol. The lowest BCUT2D eigenvalue weighted by atomic mass is 10.1. The van der Waals surface area contributed by atoms with Gasteiger partial charge >= 0.3 is 0 Å². The Morgan fingerprint density at radius 3 is 2.74 bits per heavy atom. The summed E-state index contributed by atoms with van der Waals surface area (Å²) in [5, 5.41) is 3.02. The van der Waals surface area contributed by atoms with E-state index in [2.05, 4.69) is 36.0 Å². The molecular weight excluding hydrogens is 422 g/mol. The van der Waals surface area contributed by atoms with E-state index in [0.717, 1.165) is 48.4 Å². The Morgan fingerprint density at radius 2 is 2.06 bits per heavy atom. The van der Waals surface area contributed by atoms with Crippen LogP contribution >= 0.6 is 0 Å². The number of carbonyl (C=O) groups is 1. The molecule has 0 saturated carbocycles. The molecule has 6 heteroatoms. The molecule has 1 saturated heterocycles. The first-order valence-electron chi connectivity index (χ1n) is 12.4. The topological polar surface area (TPSA) is 83.1 Å². The van der Waals surface area contributed by atoms with Gasteiger partial charge in [0.2, 0.25) is 0 Å². The summed E-state index contributed by atoms with van der Waals surface area (Å²) in [6.07, 6.45) is 6.29. The zero-order valence-corrected chi connectivity index (χ0v) is 21.3. The van der Waals surface area contributed by atoms with Crippen molar-refractivity contribution < 1.29 is 4.79 Å². The molecule has 1 amide bonds. The van der Waals surface area contributed by atoms with Crippen LogP contribution in [0.1, 0.15) is 74.9 Å². The maximum atomic E-state index is 13.0. The maximum absolute atomic E-state index is 13.0. The molecule has 1 unspecified atom stereocenters. The van der Waals surface area contributed by atoms with Crippen molar-refractivity contribution in [3.05, 3.63) is 53.1 Å². The Labute approximate surface area is 204 Å². The molecule has 0 radical (unpaired) electrons. The van der Waals surface area contributed by atoms with Gasteiger partial charge in [-0.15, -0.1) is 0 Å². The largest absolute Gasteiger partial charge is 0.398 e. The molecule has 1 fully saturated rings. The summed E-state index contributed by atoms with van der Waals surface area (Å²) < 4.78 is 0. The average molecular weight is 462 g/mol. The van der Waals surface area contributed by atoms with Crippen LogP contribution in [0.25, 0.3) is 0 Å². The normalized spacial score (nSPS) is 17.1. The van der Waals surface area contributed by atoms with Crippen LogP contribution < -0.4 is 11.1 Å². The summed E-state index contributed by atoms with van der Waals surface area (Å²) in [5.74, 6) is -0.183.